The molecule has 0 spiro atoms. The molecule has 18 heavy (non-hydrogen) atoms. The van der Waals surface area contributed by atoms with Gasteiger partial charge in [-0.2, -0.15) is 0 Å². The number of rotatable bonds is 2. The van der Waals surface area contributed by atoms with Crippen molar-refractivity contribution in [2.75, 3.05) is 19.7 Å². The van der Waals surface area contributed by atoms with Gasteiger partial charge in [0.05, 0.1) is 18.3 Å². The van der Waals surface area contributed by atoms with E-state index in [1.807, 2.05) is 6.92 Å². The average Bonchev–Trinajstić information content (AvgIpc) is 2.41. The van der Waals surface area contributed by atoms with Gasteiger partial charge >= 0.3 is 0 Å². The molecule has 2 rings (SSSR count). The number of carbonyl (C=O) groups is 1. The molecule has 5 heteroatoms. The number of carbonyl (C=O) groups excluding carboxylic acids is 1. The Morgan fingerprint density at radius 2 is 2.39 bits per heavy atom. The zero-order valence-electron chi connectivity index (χ0n) is 10.2. The lowest BCUT2D eigenvalue weighted by molar-refractivity contribution is -0.0227. The van der Waals surface area contributed by atoms with Crippen molar-refractivity contribution in [1.29, 1.82) is 0 Å². The van der Waals surface area contributed by atoms with E-state index in [2.05, 4.69) is 0 Å². The molecule has 4 nitrogen and oxygen atoms in total. The molecular weight excluding hydrogens is 237 g/mol. The third kappa shape index (κ3) is 2.61. The van der Waals surface area contributed by atoms with Crippen LogP contribution in [0, 0.1) is 5.82 Å². The minimum absolute atomic E-state index is 0.00625. The van der Waals surface area contributed by atoms with Crippen molar-refractivity contribution < 1.29 is 19.0 Å². The molecule has 1 amide bonds. The van der Waals surface area contributed by atoms with Crippen molar-refractivity contribution in [3.05, 3.63) is 29.6 Å². The molecule has 1 aliphatic rings. The van der Waals surface area contributed by atoms with Crippen LogP contribution in [-0.4, -0.2) is 41.7 Å². The van der Waals surface area contributed by atoms with Crippen molar-refractivity contribution in [2.45, 2.75) is 19.4 Å². The maximum absolute atomic E-state index is 13.1. The standard InChI is InChI=1S/C13H16FNO3/c1-2-10-8-15(5-6-18-10)13(17)11-7-9(14)3-4-12(11)16/h3-4,7,10,16H,2,5-6,8H2,1H3. The Labute approximate surface area is 105 Å². The lowest BCUT2D eigenvalue weighted by Crippen LogP contribution is -2.45. The number of hydrogen-bond acceptors (Lipinski definition) is 3. The van der Waals surface area contributed by atoms with E-state index >= 15 is 0 Å². The Hall–Kier alpha value is -1.62. The molecule has 1 heterocycles. The average molecular weight is 253 g/mol. The Balaban J connectivity index is 2.17. The van der Waals surface area contributed by atoms with E-state index in [0.29, 0.717) is 19.7 Å². The van der Waals surface area contributed by atoms with E-state index in [4.69, 9.17) is 4.74 Å². The molecule has 0 bridgehead atoms. The van der Waals surface area contributed by atoms with Crippen LogP contribution in [0.4, 0.5) is 4.39 Å². The van der Waals surface area contributed by atoms with Crippen LogP contribution >= 0.6 is 0 Å². The first-order chi connectivity index (χ1) is 8.61. The molecule has 0 aromatic heterocycles. The third-order valence-electron chi connectivity index (χ3n) is 3.07. The van der Waals surface area contributed by atoms with Gasteiger partial charge in [-0.15, -0.1) is 0 Å². The maximum Gasteiger partial charge on any atom is 0.257 e. The molecule has 1 aromatic rings. The zero-order chi connectivity index (χ0) is 13.1. The lowest BCUT2D eigenvalue weighted by atomic mass is 10.1. The summed E-state index contributed by atoms with van der Waals surface area (Å²) < 4.78 is 18.6. The van der Waals surface area contributed by atoms with E-state index in [1.165, 1.54) is 6.07 Å². The van der Waals surface area contributed by atoms with Gasteiger partial charge < -0.3 is 14.7 Å². The summed E-state index contributed by atoms with van der Waals surface area (Å²) in [7, 11) is 0. The number of phenolic OH excluding ortho intramolecular Hbond substituents is 1. The summed E-state index contributed by atoms with van der Waals surface area (Å²) in [6.45, 7) is 3.40. The molecular formula is C13H16FNO3. The maximum atomic E-state index is 13.1. The highest BCUT2D eigenvalue weighted by atomic mass is 19.1. The predicted molar refractivity (Wildman–Crippen MR) is 64.0 cm³/mol. The molecule has 1 atom stereocenters. The van der Waals surface area contributed by atoms with Crippen LogP contribution in [0.5, 0.6) is 5.75 Å². The highest BCUT2D eigenvalue weighted by molar-refractivity contribution is 5.96. The van der Waals surface area contributed by atoms with Crippen LogP contribution in [0.15, 0.2) is 18.2 Å². The van der Waals surface area contributed by atoms with E-state index in [9.17, 15) is 14.3 Å². The first-order valence-corrected chi connectivity index (χ1v) is 6.01. The van der Waals surface area contributed by atoms with Crippen LogP contribution < -0.4 is 0 Å². The fourth-order valence-electron chi connectivity index (χ4n) is 2.00. The van der Waals surface area contributed by atoms with Gasteiger partial charge in [-0.3, -0.25) is 4.79 Å². The van der Waals surface area contributed by atoms with Crippen molar-refractivity contribution in [3.63, 3.8) is 0 Å². The SMILES string of the molecule is CCC1CN(C(=O)c2cc(F)ccc2O)CCO1. The molecule has 98 valence electrons. The molecule has 1 saturated heterocycles. The van der Waals surface area contributed by atoms with E-state index in [1.54, 1.807) is 4.90 Å². The number of nitrogens with zero attached hydrogens (tertiary/aromatic N) is 1. The highest BCUT2D eigenvalue weighted by Crippen LogP contribution is 2.21. The first kappa shape index (κ1) is 12.8. The fourth-order valence-corrected chi connectivity index (χ4v) is 2.00. The Morgan fingerprint density at radius 3 is 3.11 bits per heavy atom. The predicted octanol–water partition coefficient (Wildman–Crippen LogP) is 1.78. The topological polar surface area (TPSA) is 49.8 Å². The zero-order valence-corrected chi connectivity index (χ0v) is 10.2. The number of benzene rings is 1. The first-order valence-electron chi connectivity index (χ1n) is 6.01. The molecule has 0 saturated carbocycles. The Bertz CT molecular complexity index is 450. The minimum atomic E-state index is -0.531. The summed E-state index contributed by atoms with van der Waals surface area (Å²) in [5.74, 6) is -1.08. The summed E-state index contributed by atoms with van der Waals surface area (Å²) in [6, 6.07) is 3.38. The second-order valence-electron chi connectivity index (χ2n) is 4.31. The molecule has 1 aromatic carbocycles. The van der Waals surface area contributed by atoms with Gasteiger partial charge in [-0.25, -0.2) is 4.39 Å². The van der Waals surface area contributed by atoms with E-state index < -0.39 is 5.82 Å². The largest absolute Gasteiger partial charge is 0.507 e. The molecule has 0 radical (unpaired) electrons. The molecule has 1 N–H and O–H groups in total. The smallest absolute Gasteiger partial charge is 0.257 e. The number of morpholine rings is 1. The number of halogens is 1. The molecule has 1 unspecified atom stereocenters. The lowest BCUT2D eigenvalue weighted by Gasteiger charge is -2.32. The third-order valence-corrected chi connectivity index (χ3v) is 3.07. The van der Waals surface area contributed by atoms with Crippen molar-refractivity contribution in [2.24, 2.45) is 0 Å². The Morgan fingerprint density at radius 1 is 1.61 bits per heavy atom. The Kier molecular flexibility index (Phi) is 3.81. The van der Waals surface area contributed by atoms with Crippen LogP contribution in [0.1, 0.15) is 23.7 Å². The van der Waals surface area contributed by atoms with Crippen LogP contribution in [-0.2, 0) is 4.74 Å². The monoisotopic (exact) mass is 253 g/mol. The van der Waals surface area contributed by atoms with Gasteiger partial charge in [0.2, 0.25) is 0 Å². The molecule has 1 fully saturated rings. The van der Waals surface area contributed by atoms with Crippen LogP contribution in [0.25, 0.3) is 0 Å². The fraction of sp³-hybridized carbons (Fsp3) is 0.462. The van der Waals surface area contributed by atoms with Gasteiger partial charge in [-0.05, 0) is 24.6 Å². The summed E-state index contributed by atoms with van der Waals surface area (Å²) in [5.41, 5.74) is 0.00625. The van der Waals surface area contributed by atoms with E-state index in [-0.39, 0.29) is 23.3 Å². The van der Waals surface area contributed by atoms with Gasteiger partial charge in [0.25, 0.3) is 5.91 Å². The number of aromatic hydroxyl groups is 1. The second-order valence-corrected chi connectivity index (χ2v) is 4.31. The highest BCUT2D eigenvalue weighted by Gasteiger charge is 2.25. The van der Waals surface area contributed by atoms with Gasteiger partial charge in [0.1, 0.15) is 11.6 Å². The summed E-state index contributed by atoms with van der Waals surface area (Å²) >= 11 is 0. The van der Waals surface area contributed by atoms with Gasteiger partial charge in [0, 0.05) is 13.1 Å². The number of hydrogen-bond donors (Lipinski definition) is 1. The van der Waals surface area contributed by atoms with Crippen LogP contribution in [0.2, 0.25) is 0 Å². The normalized spacial score (nSPS) is 19.9. The number of ether oxygens (including phenoxy) is 1. The number of phenols is 1. The quantitative estimate of drug-likeness (QED) is 0.874. The molecule has 0 aliphatic carbocycles. The van der Waals surface area contributed by atoms with Crippen LogP contribution in [0.3, 0.4) is 0 Å². The van der Waals surface area contributed by atoms with Crippen molar-refractivity contribution in [1.82, 2.24) is 4.90 Å². The number of amides is 1. The van der Waals surface area contributed by atoms with Gasteiger partial charge in [-0.1, -0.05) is 6.92 Å². The summed E-state index contributed by atoms with van der Waals surface area (Å²) in [6.07, 6.45) is 0.831. The van der Waals surface area contributed by atoms with E-state index in [0.717, 1.165) is 18.6 Å². The van der Waals surface area contributed by atoms with Gasteiger partial charge in [0.15, 0.2) is 0 Å². The summed E-state index contributed by atoms with van der Waals surface area (Å²) in [4.78, 5) is 13.8. The summed E-state index contributed by atoms with van der Waals surface area (Å²) in [5, 5.41) is 9.61. The molecule has 1 aliphatic heterocycles. The van der Waals surface area contributed by atoms with Crippen molar-refractivity contribution >= 4 is 5.91 Å². The second kappa shape index (κ2) is 5.35. The van der Waals surface area contributed by atoms with Crippen molar-refractivity contribution in [3.8, 4) is 5.75 Å². The minimum Gasteiger partial charge on any atom is -0.507 e.